The van der Waals surface area contributed by atoms with Crippen molar-refractivity contribution in [3.8, 4) is 0 Å². The highest BCUT2D eigenvalue weighted by molar-refractivity contribution is 7.88. The second-order valence-electron chi connectivity index (χ2n) is 7.26. The zero-order valence-corrected chi connectivity index (χ0v) is 18.0. The van der Waals surface area contributed by atoms with Gasteiger partial charge >= 0.3 is 5.97 Å². The Morgan fingerprint density at radius 1 is 1.03 bits per heavy atom. The molecule has 0 atom stereocenters. The maximum Gasteiger partial charge on any atom is 0.338 e. The predicted octanol–water partition coefficient (Wildman–Crippen LogP) is 3.35. The van der Waals surface area contributed by atoms with Gasteiger partial charge in [0, 0.05) is 24.3 Å². The van der Waals surface area contributed by atoms with Crippen molar-refractivity contribution in [3.05, 3.63) is 64.7 Å². The Labute approximate surface area is 177 Å². The van der Waals surface area contributed by atoms with Crippen molar-refractivity contribution in [2.24, 2.45) is 0 Å². The Hall–Kier alpha value is -2.71. The van der Waals surface area contributed by atoms with E-state index in [1.54, 1.807) is 56.3 Å². The van der Waals surface area contributed by atoms with Crippen LogP contribution >= 0.6 is 0 Å². The van der Waals surface area contributed by atoms with Crippen LogP contribution in [0.25, 0.3) is 0 Å². The number of hydrogen-bond acceptors (Lipinski definition) is 5. The first-order valence-corrected chi connectivity index (χ1v) is 11.6. The van der Waals surface area contributed by atoms with Gasteiger partial charge in [0.25, 0.3) is 5.91 Å². The molecule has 0 aliphatic carbocycles. The molecule has 0 unspecified atom stereocenters. The predicted molar refractivity (Wildman–Crippen MR) is 115 cm³/mol. The summed E-state index contributed by atoms with van der Waals surface area (Å²) in [6, 6.07) is 11.5. The van der Waals surface area contributed by atoms with Crippen LogP contribution in [0.4, 0.5) is 5.69 Å². The molecule has 1 amide bonds. The Bertz CT molecular complexity index is 1030. The quantitative estimate of drug-likeness (QED) is 0.680. The lowest BCUT2D eigenvalue weighted by atomic mass is 10.1. The van der Waals surface area contributed by atoms with Crippen molar-refractivity contribution in [2.75, 3.05) is 25.0 Å². The van der Waals surface area contributed by atoms with E-state index in [0.717, 1.165) is 18.4 Å². The molecular formula is C22H26N2O5S. The van der Waals surface area contributed by atoms with Crippen molar-refractivity contribution in [2.45, 2.75) is 32.4 Å². The molecule has 1 aliphatic rings. The number of nitrogens with zero attached hydrogens (tertiary/aromatic N) is 1. The minimum Gasteiger partial charge on any atom is -0.462 e. The minimum atomic E-state index is -3.32. The summed E-state index contributed by atoms with van der Waals surface area (Å²) < 4.78 is 31.4. The third kappa shape index (κ3) is 5.25. The van der Waals surface area contributed by atoms with Gasteiger partial charge in [0.2, 0.25) is 10.0 Å². The SMILES string of the molecule is CCOC(=O)c1ccc(NC(=O)c2ccc(CS(=O)(=O)N3CCCC3)cc2)c(C)c1. The fraction of sp³-hybridized carbons (Fsp3) is 0.364. The summed E-state index contributed by atoms with van der Waals surface area (Å²) in [5.74, 6) is -0.780. The van der Waals surface area contributed by atoms with Crippen LogP contribution in [0.3, 0.4) is 0 Å². The number of nitrogens with one attached hydrogen (secondary N) is 1. The van der Waals surface area contributed by atoms with Gasteiger partial charge in [-0.15, -0.1) is 0 Å². The van der Waals surface area contributed by atoms with Gasteiger partial charge in [-0.25, -0.2) is 17.5 Å². The Kier molecular flexibility index (Phi) is 6.89. The van der Waals surface area contributed by atoms with Crippen LogP contribution < -0.4 is 5.32 Å². The largest absolute Gasteiger partial charge is 0.462 e. The van der Waals surface area contributed by atoms with Crippen LogP contribution in [0.1, 0.15) is 51.6 Å². The van der Waals surface area contributed by atoms with E-state index in [0.29, 0.717) is 42.1 Å². The van der Waals surface area contributed by atoms with Crippen molar-refractivity contribution in [3.63, 3.8) is 0 Å². The average Bonchev–Trinajstić information content (AvgIpc) is 3.26. The molecule has 0 spiro atoms. The Morgan fingerprint density at radius 2 is 1.67 bits per heavy atom. The number of amides is 1. The zero-order valence-electron chi connectivity index (χ0n) is 17.2. The molecule has 1 fully saturated rings. The van der Waals surface area contributed by atoms with E-state index in [4.69, 9.17) is 4.74 Å². The lowest BCUT2D eigenvalue weighted by Gasteiger charge is -2.15. The summed E-state index contributed by atoms with van der Waals surface area (Å²) in [5, 5.41) is 2.82. The molecule has 0 aromatic heterocycles. The molecule has 8 heteroatoms. The first-order valence-electron chi connectivity index (χ1n) is 9.96. The number of benzene rings is 2. The topological polar surface area (TPSA) is 92.8 Å². The summed E-state index contributed by atoms with van der Waals surface area (Å²) in [5.41, 5.74) is 2.83. The van der Waals surface area contributed by atoms with Crippen molar-refractivity contribution >= 4 is 27.6 Å². The molecule has 1 N–H and O–H groups in total. The van der Waals surface area contributed by atoms with E-state index >= 15 is 0 Å². The molecule has 160 valence electrons. The molecule has 30 heavy (non-hydrogen) atoms. The van der Waals surface area contributed by atoms with E-state index in [-0.39, 0.29) is 11.7 Å². The molecule has 3 rings (SSSR count). The summed E-state index contributed by atoms with van der Waals surface area (Å²) >= 11 is 0. The fourth-order valence-electron chi connectivity index (χ4n) is 3.36. The number of carbonyl (C=O) groups excluding carboxylic acids is 2. The van der Waals surface area contributed by atoms with Crippen LogP contribution in [-0.2, 0) is 20.5 Å². The van der Waals surface area contributed by atoms with E-state index in [1.165, 1.54) is 4.31 Å². The number of anilines is 1. The van der Waals surface area contributed by atoms with E-state index in [9.17, 15) is 18.0 Å². The molecule has 2 aromatic carbocycles. The van der Waals surface area contributed by atoms with Gasteiger partial charge in [-0.1, -0.05) is 12.1 Å². The number of hydrogen-bond donors (Lipinski definition) is 1. The molecule has 2 aromatic rings. The van der Waals surface area contributed by atoms with Crippen molar-refractivity contribution < 1.29 is 22.7 Å². The number of ether oxygens (including phenoxy) is 1. The van der Waals surface area contributed by atoms with Gasteiger partial charge in [-0.3, -0.25) is 4.79 Å². The molecule has 1 heterocycles. The number of carbonyl (C=O) groups is 2. The summed E-state index contributed by atoms with van der Waals surface area (Å²) in [7, 11) is -3.32. The van der Waals surface area contributed by atoms with Gasteiger partial charge in [-0.05, 0) is 68.1 Å². The molecule has 1 saturated heterocycles. The highest BCUT2D eigenvalue weighted by Crippen LogP contribution is 2.20. The fourth-order valence-corrected chi connectivity index (χ4v) is 4.97. The lowest BCUT2D eigenvalue weighted by Crippen LogP contribution is -2.29. The van der Waals surface area contributed by atoms with Crippen molar-refractivity contribution in [1.29, 1.82) is 0 Å². The van der Waals surface area contributed by atoms with Crippen LogP contribution in [-0.4, -0.2) is 44.3 Å². The number of esters is 1. The molecule has 0 radical (unpaired) electrons. The van der Waals surface area contributed by atoms with Gasteiger partial charge in [0.15, 0.2) is 0 Å². The minimum absolute atomic E-state index is 0.0661. The van der Waals surface area contributed by atoms with Gasteiger partial charge < -0.3 is 10.1 Å². The molecule has 0 saturated carbocycles. The maximum absolute atomic E-state index is 12.6. The van der Waals surface area contributed by atoms with E-state index in [1.807, 2.05) is 0 Å². The van der Waals surface area contributed by atoms with Crippen LogP contribution in [0.2, 0.25) is 0 Å². The van der Waals surface area contributed by atoms with Crippen LogP contribution in [0.15, 0.2) is 42.5 Å². The van der Waals surface area contributed by atoms with E-state index in [2.05, 4.69) is 5.32 Å². The first kappa shape index (κ1) is 22.0. The Balaban J connectivity index is 1.65. The monoisotopic (exact) mass is 430 g/mol. The van der Waals surface area contributed by atoms with Gasteiger partial charge in [-0.2, -0.15) is 0 Å². The maximum atomic E-state index is 12.6. The smallest absolute Gasteiger partial charge is 0.338 e. The normalized spacial score (nSPS) is 14.5. The summed E-state index contributed by atoms with van der Waals surface area (Å²) in [4.78, 5) is 24.4. The third-order valence-corrected chi connectivity index (χ3v) is 6.86. The second-order valence-corrected chi connectivity index (χ2v) is 9.23. The van der Waals surface area contributed by atoms with Gasteiger partial charge in [0.1, 0.15) is 0 Å². The third-order valence-electron chi connectivity index (χ3n) is 5.01. The molecular weight excluding hydrogens is 404 g/mol. The lowest BCUT2D eigenvalue weighted by molar-refractivity contribution is 0.0526. The summed E-state index contributed by atoms with van der Waals surface area (Å²) in [6.07, 6.45) is 1.80. The van der Waals surface area contributed by atoms with Gasteiger partial charge in [0.05, 0.1) is 17.9 Å². The standard InChI is InChI=1S/C22H26N2O5S/c1-3-29-22(26)19-10-11-20(16(2)14-19)23-21(25)18-8-6-17(7-9-18)15-30(27,28)24-12-4-5-13-24/h6-11,14H,3-5,12-13,15H2,1-2H3,(H,23,25). The second kappa shape index (κ2) is 9.40. The number of sulfonamides is 1. The van der Waals surface area contributed by atoms with Crippen LogP contribution in [0, 0.1) is 6.92 Å². The van der Waals surface area contributed by atoms with E-state index < -0.39 is 16.0 Å². The summed E-state index contributed by atoms with van der Waals surface area (Å²) in [6.45, 7) is 5.00. The van der Waals surface area contributed by atoms with Crippen molar-refractivity contribution in [1.82, 2.24) is 4.31 Å². The highest BCUT2D eigenvalue weighted by Gasteiger charge is 2.25. The molecule has 1 aliphatic heterocycles. The molecule has 0 bridgehead atoms. The zero-order chi connectivity index (χ0) is 21.7. The highest BCUT2D eigenvalue weighted by atomic mass is 32.2. The first-order chi connectivity index (χ1) is 14.3. The Morgan fingerprint density at radius 3 is 2.27 bits per heavy atom. The molecule has 7 nitrogen and oxygen atoms in total. The van der Waals surface area contributed by atoms with Crippen LogP contribution in [0.5, 0.6) is 0 Å². The number of aryl methyl sites for hydroxylation is 1. The average molecular weight is 431 g/mol. The number of rotatable bonds is 7.